The Morgan fingerprint density at radius 2 is 1.76 bits per heavy atom. The third-order valence-electron chi connectivity index (χ3n) is 7.97. The molecule has 2 atom stereocenters. The summed E-state index contributed by atoms with van der Waals surface area (Å²) in [5.41, 5.74) is 1.73. The minimum absolute atomic E-state index is 0.0437. The first-order valence-corrected chi connectivity index (χ1v) is 15.3. The quantitative estimate of drug-likeness (QED) is 0.362. The summed E-state index contributed by atoms with van der Waals surface area (Å²) in [5.74, 6) is 0.424. The minimum Gasteiger partial charge on any atom is -0.489 e. The maximum absolute atomic E-state index is 13.8. The highest BCUT2D eigenvalue weighted by Crippen LogP contribution is 2.37. The number of hydrogen-bond acceptors (Lipinski definition) is 4. The number of hydrogen-bond donors (Lipinski definition) is 1. The van der Waals surface area contributed by atoms with Crippen molar-refractivity contribution in [3.05, 3.63) is 63.4 Å². The van der Waals surface area contributed by atoms with Gasteiger partial charge in [-0.15, -0.1) is 0 Å². The van der Waals surface area contributed by atoms with Crippen LogP contribution in [0.2, 0.25) is 10.0 Å². The SMILES string of the molecule is CC[C@@H](CN(C)C)Oc1cc(Cl)ccc1C1CCN(C(=O)[C@@H](Cc2ccc(F)cc2Cl)NC(=O)N2CCCC2)CC1. The standard InChI is InChI=1S/C31H41Cl2FN4O3/c1-4-25(20-36(2)3)41-29-18-23(32)8-10-26(29)21-11-15-37(16-12-21)30(39)28(35-31(40)38-13-5-6-14-38)17-22-7-9-24(34)19-27(22)33/h7-10,18-19,21,25,28H,4-6,11-17,20H2,1-3H3,(H,35,40)/t25-,28+/m0/s1. The van der Waals surface area contributed by atoms with Crippen molar-refractivity contribution in [3.63, 3.8) is 0 Å². The Kier molecular flexibility index (Phi) is 11.1. The lowest BCUT2D eigenvalue weighted by Crippen LogP contribution is -2.54. The predicted molar refractivity (Wildman–Crippen MR) is 162 cm³/mol. The van der Waals surface area contributed by atoms with Gasteiger partial charge >= 0.3 is 6.03 Å². The number of amides is 3. The lowest BCUT2D eigenvalue weighted by molar-refractivity contribution is -0.134. The first-order chi connectivity index (χ1) is 19.6. The largest absolute Gasteiger partial charge is 0.489 e. The summed E-state index contributed by atoms with van der Waals surface area (Å²) in [6, 6.07) is 8.91. The van der Waals surface area contributed by atoms with Crippen LogP contribution in [-0.4, -0.2) is 85.6 Å². The molecule has 3 amide bonds. The predicted octanol–water partition coefficient (Wildman–Crippen LogP) is 5.97. The van der Waals surface area contributed by atoms with Crippen molar-refractivity contribution in [2.45, 2.75) is 63.5 Å². The molecule has 0 spiro atoms. The normalized spacial score (nSPS) is 17.5. The Labute approximate surface area is 252 Å². The van der Waals surface area contributed by atoms with Crippen LogP contribution in [0.5, 0.6) is 5.75 Å². The fourth-order valence-corrected chi connectivity index (χ4v) is 6.09. The van der Waals surface area contributed by atoms with E-state index in [1.165, 1.54) is 12.1 Å². The highest BCUT2D eigenvalue weighted by Gasteiger charge is 2.33. The number of benzene rings is 2. The molecule has 4 rings (SSSR count). The Hall–Kier alpha value is -2.55. The second kappa shape index (κ2) is 14.6. The van der Waals surface area contributed by atoms with E-state index >= 15 is 0 Å². The molecule has 0 bridgehead atoms. The number of carbonyl (C=O) groups excluding carboxylic acids is 2. The fraction of sp³-hybridized carbons (Fsp3) is 0.548. The molecule has 10 heteroatoms. The average Bonchev–Trinajstić information content (AvgIpc) is 3.49. The monoisotopic (exact) mass is 606 g/mol. The number of likely N-dealkylation sites (N-methyl/N-ethyl adjacent to an activating group) is 1. The zero-order valence-electron chi connectivity index (χ0n) is 24.2. The fourth-order valence-electron chi connectivity index (χ4n) is 5.68. The molecule has 2 saturated heterocycles. The molecule has 2 heterocycles. The van der Waals surface area contributed by atoms with Gasteiger partial charge in [-0.2, -0.15) is 0 Å². The van der Waals surface area contributed by atoms with Gasteiger partial charge in [-0.25, -0.2) is 9.18 Å². The number of halogens is 3. The molecule has 1 N–H and O–H groups in total. The molecule has 224 valence electrons. The van der Waals surface area contributed by atoms with Crippen LogP contribution in [-0.2, 0) is 11.2 Å². The molecule has 0 saturated carbocycles. The van der Waals surface area contributed by atoms with Crippen LogP contribution in [0.3, 0.4) is 0 Å². The number of likely N-dealkylation sites (tertiary alicyclic amines) is 2. The summed E-state index contributed by atoms with van der Waals surface area (Å²) in [5, 5.41) is 3.83. The molecule has 0 aromatic heterocycles. The maximum atomic E-state index is 13.8. The number of piperidine rings is 1. The summed E-state index contributed by atoms with van der Waals surface area (Å²) in [6.45, 7) is 5.36. The van der Waals surface area contributed by atoms with E-state index in [0.717, 1.165) is 50.0 Å². The number of nitrogens with zero attached hydrogens (tertiary/aromatic N) is 3. The summed E-state index contributed by atoms with van der Waals surface area (Å²) in [6.07, 6.45) is 4.54. The van der Waals surface area contributed by atoms with E-state index in [-0.39, 0.29) is 35.4 Å². The lowest BCUT2D eigenvalue weighted by Gasteiger charge is -2.36. The number of rotatable bonds is 10. The van der Waals surface area contributed by atoms with E-state index in [9.17, 15) is 14.0 Å². The van der Waals surface area contributed by atoms with Crippen LogP contribution in [0.4, 0.5) is 9.18 Å². The van der Waals surface area contributed by atoms with E-state index in [2.05, 4.69) is 17.1 Å². The number of ether oxygens (including phenoxy) is 1. The lowest BCUT2D eigenvalue weighted by atomic mass is 9.88. The van der Waals surface area contributed by atoms with Crippen LogP contribution in [0.1, 0.15) is 56.1 Å². The maximum Gasteiger partial charge on any atom is 0.318 e. The number of urea groups is 1. The number of carbonyl (C=O) groups is 2. The van der Waals surface area contributed by atoms with Gasteiger partial charge in [0, 0.05) is 49.2 Å². The van der Waals surface area contributed by atoms with Gasteiger partial charge in [-0.1, -0.05) is 42.3 Å². The number of nitrogens with one attached hydrogen (secondary N) is 1. The summed E-state index contributed by atoms with van der Waals surface area (Å²) >= 11 is 12.7. The van der Waals surface area contributed by atoms with Crippen molar-refractivity contribution in [2.24, 2.45) is 0 Å². The molecule has 2 aliphatic rings. The molecule has 0 unspecified atom stereocenters. The Balaban J connectivity index is 1.46. The molecule has 2 fully saturated rings. The molecule has 0 radical (unpaired) electrons. The van der Waals surface area contributed by atoms with E-state index in [1.54, 1.807) is 11.0 Å². The van der Waals surface area contributed by atoms with Gasteiger partial charge in [0.25, 0.3) is 0 Å². The van der Waals surface area contributed by atoms with Gasteiger partial charge in [0.1, 0.15) is 23.7 Å². The zero-order valence-corrected chi connectivity index (χ0v) is 25.7. The van der Waals surface area contributed by atoms with Crippen molar-refractivity contribution in [2.75, 3.05) is 46.8 Å². The summed E-state index contributed by atoms with van der Waals surface area (Å²) in [7, 11) is 4.06. The van der Waals surface area contributed by atoms with Gasteiger partial charge in [-0.3, -0.25) is 4.79 Å². The van der Waals surface area contributed by atoms with Gasteiger partial charge in [0.05, 0.1) is 0 Å². The minimum atomic E-state index is -0.798. The Morgan fingerprint density at radius 1 is 1.05 bits per heavy atom. The highest BCUT2D eigenvalue weighted by atomic mass is 35.5. The van der Waals surface area contributed by atoms with Gasteiger partial charge in [0.15, 0.2) is 0 Å². The van der Waals surface area contributed by atoms with Crippen molar-refractivity contribution < 1.29 is 18.7 Å². The van der Waals surface area contributed by atoms with Gasteiger partial charge in [-0.05, 0) is 87.5 Å². The van der Waals surface area contributed by atoms with Crippen LogP contribution < -0.4 is 10.1 Å². The third-order valence-corrected chi connectivity index (χ3v) is 8.56. The second-order valence-corrected chi connectivity index (χ2v) is 12.2. The van der Waals surface area contributed by atoms with Gasteiger partial charge < -0.3 is 24.8 Å². The molecule has 0 aliphatic carbocycles. The van der Waals surface area contributed by atoms with Crippen LogP contribution >= 0.6 is 23.2 Å². The first-order valence-electron chi connectivity index (χ1n) is 14.5. The van der Waals surface area contributed by atoms with E-state index in [0.29, 0.717) is 36.8 Å². The zero-order chi connectivity index (χ0) is 29.5. The van der Waals surface area contributed by atoms with Crippen LogP contribution in [0, 0.1) is 5.82 Å². The summed E-state index contributed by atoms with van der Waals surface area (Å²) < 4.78 is 20.1. The summed E-state index contributed by atoms with van der Waals surface area (Å²) in [4.78, 5) is 32.4. The van der Waals surface area contributed by atoms with Gasteiger partial charge in [0.2, 0.25) is 5.91 Å². The molecular weight excluding hydrogens is 566 g/mol. The topological polar surface area (TPSA) is 65.1 Å². The van der Waals surface area contributed by atoms with Crippen molar-refractivity contribution in [1.82, 2.24) is 20.0 Å². The Morgan fingerprint density at radius 3 is 2.39 bits per heavy atom. The highest BCUT2D eigenvalue weighted by molar-refractivity contribution is 6.31. The Bertz CT molecular complexity index is 1200. The van der Waals surface area contributed by atoms with Crippen molar-refractivity contribution in [3.8, 4) is 5.75 Å². The average molecular weight is 608 g/mol. The van der Waals surface area contributed by atoms with Crippen molar-refractivity contribution >= 4 is 35.1 Å². The third kappa shape index (κ3) is 8.49. The molecule has 2 aliphatic heterocycles. The van der Waals surface area contributed by atoms with Crippen molar-refractivity contribution in [1.29, 1.82) is 0 Å². The first kappa shape index (κ1) is 31.4. The van der Waals surface area contributed by atoms with E-state index < -0.39 is 11.9 Å². The molecule has 2 aromatic rings. The molecule has 41 heavy (non-hydrogen) atoms. The molecule has 2 aromatic carbocycles. The second-order valence-electron chi connectivity index (χ2n) is 11.3. The van der Waals surface area contributed by atoms with Crippen LogP contribution in [0.15, 0.2) is 36.4 Å². The van der Waals surface area contributed by atoms with E-state index in [1.807, 2.05) is 37.2 Å². The molecular formula is C31H41Cl2FN4O3. The molecule has 7 nitrogen and oxygen atoms in total. The van der Waals surface area contributed by atoms with E-state index in [4.69, 9.17) is 27.9 Å². The van der Waals surface area contributed by atoms with Crippen LogP contribution in [0.25, 0.3) is 0 Å². The smallest absolute Gasteiger partial charge is 0.318 e.